The Bertz CT molecular complexity index is 360. The highest BCUT2D eigenvalue weighted by atomic mass is 35.5. The monoisotopic (exact) mass is 217 g/mol. The number of hydrogen-bond donors (Lipinski definition) is 0. The second-order valence-electron chi connectivity index (χ2n) is 3.22. The van der Waals surface area contributed by atoms with E-state index in [-0.39, 0.29) is 0 Å². The number of nitrogens with zero attached hydrogens (tertiary/aromatic N) is 1. The standard InChI is InChI=1S/C13H12ClN/c14-11-15(12-7-3-1-4-8-12)13-9-5-2-6-10-13/h1-10H,11H2. The molecule has 0 radical (unpaired) electrons. The topological polar surface area (TPSA) is 3.24 Å². The fraction of sp³-hybridized carbons (Fsp3) is 0.0769. The van der Waals surface area contributed by atoms with E-state index in [4.69, 9.17) is 11.6 Å². The zero-order valence-corrected chi connectivity index (χ0v) is 9.06. The van der Waals surface area contributed by atoms with Crippen LogP contribution in [-0.2, 0) is 0 Å². The first kappa shape index (κ1) is 10.1. The number of benzene rings is 2. The van der Waals surface area contributed by atoms with Crippen molar-refractivity contribution in [1.82, 2.24) is 0 Å². The van der Waals surface area contributed by atoms with Crippen molar-refractivity contribution in [3.05, 3.63) is 60.7 Å². The van der Waals surface area contributed by atoms with Gasteiger partial charge < -0.3 is 4.90 Å². The average Bonchev–Trinajstić information content (AvgIpc) is 2.33. The summed E-state index contributed by atoms with van der Waals surface area (Å²) in [5.41, 5.74) is 2.22. The zero-order valence-electron chi connectivity index (χ0n) is 8.31. The highest BCUT2D eigenvalue weighted by Crippen LogP contribution is 2.24. The lowest BCUT2D eigenvalue weighted by atomic mass is 10.2. The number of para-hydroxylation sites is 2. The van der Waals surface area contributed by atoms with Gasteiger partial charge in [0.05, 0.1) is 6.00 Å². The highest BCUT2D eigenvalue weighted by molar-refractivity contribution is 6.19. The first-order chi connectivity index (χ1) is 7.42. The molecule has 2 aromatic carbocycles. The maximum Gasteiger partial charge on any atom is 0.0977 e. The molecule has 0 aliphatic rings. The SMILES string of the molecule is ClCN(c1ccccc1)c1ccccc1. The minimum absolute atomic E-state index is 0.452. The fourth-order valence-corrected chi connectivity index (χ4v) is 1.78. The minimum atomic E-state index is 0.452. The molecule has 76 valence electrons. The Hall–Kier alpha value is -1.47. The van der Waals surface area contributed by atoms with Gasteiger partial charge in [0.15, 0.2) is 0 Å². The van der Waals surface area contributed by atoms with Gasteiger partial charge in [-0.25, -0.2) is 0 Å². The third kappa shape index (κ3) is 2.31. The van der Waals surface area contributed by atoms with Gasteiger partial charge in [0.25, 0.3) is 0 Å². The van der Waals surface area contributed by atoms with Crippen molar-refractivity contribution < 1.29 is 0 Å². The second kappa shape index (κ2) is 4.85. The summed E-state index contributed by atoms with van der Waals surface area (Å²) in [5.74, 6) is 0. The number of anilines is 2. The van der Waals surface area contributed by atoms with E-state index in [1.54, 1.807) is 0 Å². The average molecular weight is 218 g/mol. The van der Waals surface area contributed by atoms with E-state index in [1.165, 1.54) is 0 Å². The third-order valence-corrected chi connectivity index (χ3v) is 2.49. The van der Waals surface area contributed by atoms with E-state index < -0.39 is 0 Å². The molecule has 1 nitrogen and oxygen atoms in total. The first-order valence-electron chi connectivity index (χ1n) is 4.85. The van der Waals surface area contributed by atoms with E-state index >= 15 is 0 Å². The molecule has 0 aliphatic heterocycles. The van der Waals surface area contributed by atoms with Crippen molar-refractivity contribution in [3.63, 3.8) is 0 Å². The van der Waals surface area contributed by atoms with Gasteiger partial charge in [0.2, 0.25) is 0 Å². The van der Waals surface area contributed by atoms with Gasteiger partial charge in [-0.3, -0.25) is 0 Å². The maximum atomic E-state index is 5.96. The lowest BCUT2D eigenvalue weighted by Crippen LogP contribution is -2.13. The molecule has 0 fully saturated rings. The van der Waals surface area contributed by atoms with Crippen LogP contribution in [0.2, 0.25) is 0 Å². The summed E-state index contributed by atoms with van der Waals surface area (Å²) >= 11 is 5.96. The van der Waals surface area contributed by atoms with Gasteiger partial charge in [-0.05, 0) is 24.3 Å². The lowest BCUT2D eigenvalue weighted by molar-refractivity contribution is 1.16. The summed E-state index contributed by atoms with van der Waals surface area (Å²) in [6.45, 7) is 0. The van der Waals surface area contributed by atoms with Crippen LogP contribution in [0.5, 0.6) is 0 Å². The van der Waals surface area contributed by atoms with Crippen molar-refractivity contribution in [1.29, 1.82) is 0 Å². The summed E-state index contributed by atoms with van der Waals surface area (Å²) in [7, 11) is 0. The number of hydrogen-bond acceptors (Lipinski definition) is 1. The van der Waals surface area contributed by atoms with Crippen molar-refractivity contribution in [2.45, 2.75) is 0 Å². The summed E-state index contributed by atoms with van der Waals surface area (Å²) in [6.07, 6.45) is 0. The molecule has 0 N–H and O–H groups in total. The smallest absolute Gasteiger partial charge is 0.0977 e. The van der Waals surface area contributed by atoms with Crippen molar-refractivity contribution in [2.24, 2.45) is 0 Å². The molecule has 2 aromatic rings. The van der Waals surface area contributed by atoms with Crippen molar-refractivity contribution in [3.8, 4) is 0 Å². The molecule has 0 heterocycles. The molecule has 2 heteroatoms. The molecule has 0 saturated carbocycles. The zero-order chi connectivity index (χ0) is 10.5. The number of alkyl halides is 1. The van der Waals surface area contributed by atoms with Crippen LogP contribution in [0.25, 0.3) is 0 Å². The van der Waals surface area contributed by atoms with Crippen LogP contribution in [0.3, 0.4) is 0 Å². The predicted octanol–water partition coefficient (Wildman–Crippen LogP) is 4.02. The summed E-state index contributed by atoms with van der Waals surface area (Å²) in [6, 6.07) is 20.7. The van der Waals surface area contributed by atoms with Crippen LogP contribution < -0.4 is 4.90 Å². The number of halogens is 1. The van der Waals surface area contributed by atoms with Crippen molar-refractivity contribution >= 4 is 23.0 Å². The summed E-state index contributed by atoms with van der Waals surface area (Å²) in [4.78, 5) is 2.06. The lowest BCUT2D eigenvalue weighted by Gasteiger charge is -2.21. The Morgan fingerprint density at radius 2 is 1.13 bits per heavy atom. The molecule has 0 atom stereocenters. The van der Waals surface area contributed by atoms with Gasteiger partial charge >= 0.3 is 0 Å². The molecule has 0 unspecified atom stereocenters. The molecule has 0 spiro atoms. The second-order valence-corrected chi connectivity index (χ2v) is 3.46. The van der Waals surface area contributed by atoms with E-state index in [1.807, 2.05) is 36.4 Å². The summed E-state index contributed by atoms with van der Waals surface area (Å²) < 4.78 is 0. The van der Waals surface area contributed by atoms with Gasteiger partial charge in [-0.1, -0.05) is 36.4 Å². The van der Waals surface area contributed by atoms with Crippen LogP contribution in [0.1, 0.15) is 0 Å². The van der Waals surface area contributed by atoms with E-state index in [9.17, 15) is 0 Å². The number of rotatable bonds is 3. The van der Waals surface area contributed by atoms with Crippen LogP contribution in [-0.4, -0.2) is 6.00 Å². The normalized spacial score (nSPS) is 9.93. The molecule has 15 heavy (non-hydrogen) atoms. The molecule has 2 rings (SSSR count). The molecule has 0 saturated heterocycles. The van der Waals surface area contributed by atoms with Crippen LogP contribution in [0.4, 0.5) is 11.4 Å². The van der Waals surface area contributed by atoms with E-state index in [0.717, 1.165) is 11.4 Å². The van der Waals surface area contributed by atoms with E-state index in [0.29, 0.717) is 6.00 Å². The molecular weight excluding hydrogens is 206 g/mol. The highest BCUT2D eigenvalue weighted by Gasteiger charge is 2.05. The molecule has 0 aromatic heterocycles. The Kier molecular flexibility index (Phi) is 3.25. The molecular formula is C13H12ClN. The largest absolute Gasteiger partial charge is 0.327 e. The molecule has 0 amide bonds. The fourth-order valence-electron chi connectivity index (χ4n) is 1.50. The van der Waals surface area contributed by atoms with Gasteiger partial charge in [0, 0.05) is 11.4 Å². The van der Waals surface area contributed by atoms with E-state index in [2.05, 4.69) is 29.2 Å². The molecule has 0 bridgehead atoms. The quantitative estimate of drug-likeness (QED) is 0.555. The Balaban J connectivity index is 2.34. The van der Waals surface area contributed by atoms with Gasteiger partial charge in [-0.2, -0.15) is 0 Å². The maximum absolute atomic E-state index is 5.96. The molecule has 0 aliphatic carbocycles. The third-order valence-electron chi connectivity index (χ3n) is 2.26. The van der Waals surface area contributed by atoms with Crippen LogP contribution >= 0.6 is 11.6 Å². The Labute approximate surface area is 94.9 Å². The Morgan fingerprint density at radius 1 is 0.733 bits per heavy atom. The van der Waals surface area contributed by atoms with Crippen LogP contribution in [0.15, 0.2) is 60.7 Å². The van der Waals surface area contributed by atoms with Gasteiger partial charge in [0.1, 0.15) is 0 Å². The van der Waals surface area contributed by atoms with Gasteiger partial charge in [-0.15, -0.1) is 11.6 Å². The van der Waals surface area contributed by atoms with Crippen LogP contribution in [0, 0.1) is 0 Å². The Morgan fingerprint density at radius 3 is 1.47 bits per heavy atom. The van der Waals surface area contributed by atoms with Crippen molar-refractivity contribution in [2.75, 3.05) is 10.9 Å². The minimum Gasteiger partial charge on any atom is -0.327 e. The first-order valence-corrected chi connectivity index (χ1v) is 5.39. The predicted molar refractivity (Wildman–Crippen MR) is 65.7 cm³/mol. The summed E-state index contributed by atoms with van der Waals surface area (Å²) in [5, 5.41) is 0.